The Morgan fingerprint density at radius 1 is 0.778 bits per heavy atom. The van der Waals surface area contributed by atoms with E-state index in [0.29, 0.717) is 0 Å². The van der Waals surface area contributed by atoms with Gasteiger partial charge in [0.25, 0.3) is 0 Å². The van der Waals surface area contributed by atoms with Crippen LogP contribution >= 0.6 is 31.9 Å². The maximum absolute atomic E-state index is 10.6. The van der Waals surface area contributed by atoms with Crippen LogP contribution in [0.4, 0.5) is 0 Å². The molecule has 0 N–H and O–H groups in total. The summed E-state index contributed by atoms with van der Waals surface area (Å²) in [7, 11) is 0. The molecule has 0 heterocycles. The zero-order valence-corrected chi connectivity index (χ0v) is 15.0. The Labute approximate surface area is 126 Å². The minimum atomic E-state index is -0.356. The number of hydrogen-bond donors (Lipinski definition) is 0. The molecular weight excluding hydrogens is 368 g/mol. The first-order chi connectivity index (χ1) is 7.91. The topological polar surface area (TPSA) is 52.6 Å². The van der Waals surface area contributed by atoms with Crippen LogP contribution in [-0.2, 0) is 19.1 Å². The lowest BCUT2D eigenvalue weighted by Gasteiger charge is -2.18. The second-order valence-corrected chi connectivity index (χ2v) is 6.56. The van der Waals surface area contributed by atoms with Crippen molar-refractivity contribution in [2.75, 3.05) is 10.7 Å². The molecule has 0 radical (unpaired) electrons. The predicted octanol–water partition coefficient (Wildman–Crippen LogP) is 3.45. The number of halogens is 2. The Morgan fingerprint density at radius 3 is 1.06 bits per heavy atom. The maximum atomic E-state index is 10.6. The summed E-state index contributed by atoms with van der Waals surface area (Å²) in [5.41, 5.74) is -0.713. The third kappa shape index (κ3) is 18.3. The Morgan fingerprint density at radius 2 is 1.00 bits per heavy atom. The molecule has 6 heteroatoms. The maximum Gasteiger partial charge on any atom is 0.317 e. The van der Waals surface area contributed by atoms with Crippen molar-refractivity contribution >= 4 is 43.8 Å². The van der Waals surface area contributed by atoms with Gasteiger partial charge in [-0.25, -0.2) is 0 Å². The Bertz CT molecular complexity index is 236. The van der Waals surface area contributed by atoms with E-state index in [-0.39, 0.29) is 33.8 Å². The van der Waals surface area contributed by atoms with Crippen LogP contribution in [0, 0.1) is 0 Å². The molecule has 0 aliphatic carbocycles. The minimum absolute atomic E-state index is 0.220. The third-order valence-corrected chi connectivity index (χ3v) is 1.97. The summed E-state index contributed by atoms with van der Waals surface area (Å²) in [6.07, 6.45) is 0. The van der Waals surface area contributed by atoms with E-state index in [2.05, 4.69) is 31.9 Å². The molecule has 0 aromatic heterocycles. The van der Waals surface area contributed by atoms with Crippen LogP contribution in [0.25, 0.3) is 0 Å². The number of hydrogen-bond acceptors (Lipinski definition) is 4. The molecule has 0 aromatic carbocycles. The van der Waals surface area contributed by atoms with E-state index < -0.39 is 0 Å². The van der Waals surface area contributed by atoms with Gasteiger partial charge in [0.15, 0.2) is 0 Å². The normalized spacial score (nSPS) is 11.1. The quantitative estimate of drug-likeness (QED) is 0.536. The van der Waals surface area contributed by atoms with Gasteiger partial charge in [0.05, 0.1) is 0 Å². The SMILES string of the molecule is CC(C)(C)OC(=O)CBr.CC(C)(C)OC(=O)CBr. The summed E-state index contributed by atoms with van der Waals surface area (Å²) in [6.45, 7) is 11.0. The first-order valence-electron chi connectivity index (χ1n) is 5.47. The van der Waals surface area contributed by atoms with Gasteiger partial charge in [-0.15, -0.1) is 0 Å². The summed E-state index contributed by atoms with van der Waals surface area (Å²) in [4.78, 5) is 21.1. The number of carbonyl (C=O) groups excluding carboxylic acids is 2. The van der Waals surface area contributed by atoms with Crippen molar-refractivity contribution in [1.29, 1.82) is 0 Å². The standard InChI is InChI=1S/2C6H11BrO2/c2*1-6(2,3)9-5(8)4-7/h2*4H2,1-3H3. The molecule has 0 spiro atoms. The molecular formula is C12H22Br2O4. The average molecular weight is 390 g/mol. The molecule has 4 nitrogen and oxygen atoms in total. The molecule has 0 atom stereocenters. The van der Waals surface area contributed by atoms with E-state index in [1.54, 1.807) is 0 Å². The van der Waals surface area contributed by atoms with E-state index >= 15 is 0 Å². The number of ether oxygens (including phenoxy) is 2. The van der Waals surface area contributed by atoms with Crippen molar-refractivity contribution in [2.24, 2.45) is 0 Å². The monoisotopic (exact) mass is 388 g/mol. The van der Waals surface area contributed by atoms with Gasteiger partial charge in [0, 0.05) is 0 Å². The largest absolute Gasteiger partial charge is 0.459 e. The highest BCUT2D eigenvalue weighted by atomic mass is 79.9. The molecule has 108 valence electrons. The van der Waals surface area contributed by atoms with Crippen LogP contribution in [0.3, 0.4) is 0 Å². The number of esters is 2. The van der Waals surface area contributed by atoms with Crippen molar-refractivity contribution < 1.29 is 19.1 Å². The van der Waals surface area contributed by atoms with Gasteiger partial charge >= 0.3 is 11.9 Å². The summed E-state index contributed by atoms with van der Waals surface area (Å²) < 4.78 is 9.80. The van der Waals surface area contributed by atoms with Gasteiger partial charge in [-0.05, 0) is 41.5 Å². The predicted molar refractivity (Wildman–Crippen MR) is 79.3 cm³/mol. The highest BCUT2D eigenvalue weighted by Gasteiger charge is 2.14. The zero-order chi connectivity index (χ0) is 15.0. The molecule has 0 saturated carbocycles. The number of carbonyl (C=O) groups is 2. The van der Waals surface area contributed by atoms with Gasteiger partial charge in [0.1, 0.15) is 21.9 Å². The van der Waals surface area contributed by atoms with Crippen LogP contribution in [0.15, 0.2) is 0 Å². The van der Waals surface area contributed by atoms with Crippen LogP contribution < -0.4 is 0 Å². The number of alkyl halides is 2. The highest BCUT2D eigenvalue weighted by Crippen LogP contribution is 2.07. The molecule has 0 rings (SSSR count). The smallest absolute Gasteiger partial charge is 0.317 e. The van der Waals surface area contributed by atoms with Gasteiger partial charge in [0.2, 0.25) is 0 Å². The van der Waals surface area contributed by atoms with E-state index in [9.17, 15) is 9.59 Å². The lowest BCUT2D eigenvalue weighted by molar-refractivity contribution is -0.152. The van der Waals surface area contributed by atoms with Crippen molar-refractivity contribution in [3.05, 3.63) is 0 Å². The first-order valence-corrected chi connectivity index (χ1v) is 7.71. The molecule has 0 saturated heterocycles. The fourth-order valence-electron chi connectivity index (χ4n) is 0.738. The molecule has 0 aliphatic rings. The molecule has 0 fully saturated rings. The Balaban J connectivity index is 0. The van der Waals surface area contributed by atoms with Crippen molar-refractivity contribution in [3.8, 4) is 0 Å². The van der Waals surface area contributed by atoms with Crippen molar-refractivity contribution in [2.45, 2.75) is 52.7 Å². The average Bonchev–Trinajstić information content (AvgIpc) is 2.13. The summed E-state index contributed by atoms with van der Waals surface area (Å²) >= 11 is 5.99. The Kier molecular flexibility index (Phi) is 10.0. The summed E-state index contributed by atoms with van der Waals surface area (Å²) in [5.74, 6) is -0.440. The minimum Gasteiger partial charge on any atom is -0.459 e. The Hall–Kier alpha value is -0.100. The molecule has 18 heavy (non-hydrogen) atoms. The first kappa shape index (κ1) is 20.2. The van der Waals surface area contributed by atoms with Crippen molar-refractivity contribution in [1.82, 2.24) is 0 Å². The van der Waals surface area contributed by atoms with E-state index in [1.165, 1.54) is 0 Å². The van der Waals surface area contributed by atoms with Crippen LogP contribution in [-0.4, -0.2) is 33.8 Å². The van der Waals surface area contributed by atoms with Crippen LogP contribution in [0.1, 0.15) is 41.5 Å². The van der Waals surface area contributed by atoms with E-state index in [1.807, 2.05) is 41.5 Å². The van der Waals surface area contributed by atoms with Crippen LogP contribution in [0.5, 0.6) is 0 Å². The van der Waals surface area contributed by atoms with Gasteiger partial charge in [-0.3, -0.25) is 9.59 Å². The molecule has 0 amide bonds. The number of rotatable bonds is 2. The molecule has 0 unspecified atom stereocenters. The van der Waals surface area contributed by atoms with E-state index in [4.69, 9.17) is 9.47 Å². The lowest BCUT2D eigenvalue weighted by Crippen LogP contribution is -2.24. The second-order valence-electron chi connectivity index (χ2n) is 5.44. The lowest BCUT2D eigenvalue weighted by atomic mass is 10.2. The second kappa shape index (κ2) is 8.91. The highest BCUT2D eigenvalue weighted by molar-refractivity contribution is 9.09. The molecule has 0 bridgehead atoms. The summed E-state index contributed by atoms with van der Waals surface area (Å²) in [5, 5.41) is 0.536. The van der Waals surface area contributed by atoms with Gasteiger partial charge in [-0.1, -0.05) is 31.9 Å². The van der Waals surface area contributed by atoms with Crippen molar-refractivity contribution in [3.63, 3.8) is 0 Å². The van der Waals surface area contributed by atoms with E-state index in [0.717, 1.165) is 0 Å². The van der Waals surface area contributed by atoms with Gasteiger partial charge < -0.3 is 9.47 Å². The summed E-state index contributed by atoms with van der Waals surface area (Å²) in [6, 6.07) is 0. The zero-order valence-electron chi connectivity index (χ0n) is 11.8. The van der Waals surface area contributed by atoms with Crippen LogP contribution in [0.2, 0.25) is 0 Å². The third-order valence-electron chi connectivity index (χ3n) is 1.06. The van der Waals surface area contributed by atoms with Gasteiger partial charge in [-0.2, -0.15) is 0 Å². The fourth-order valence-corrected chi connectivity index (χ4v) is 0.966. The fraction of sp³-hybridized carbons (Fsp3) is 0.833. The molecule has 0 aromatic rings. The molecule has 0 aliphatic heterocycles.